The molecule has 0 unspecified atom stereocenters. The van der Waals surface area contributed by atoms with Gasteiger partial charge in [0.2, 0.25) is 5.78 Å². The molecule has 3 fully saturated rings. The van der Waals surface area contributed by atoms with E-state index in [2.05, 4.69) is 6.92 Å². The molecule has 4 aliphatic carbocycles. The molecule has 2 N–H and O–H groups in total. The molecule has 0 aliphatic heterocycles. The lowest BCUT2D eigenvalue weighted by atomic mass is 9.46. The third-order valence-electron chi connectivity index (χ3n) is 9.23. The number of allylic oxidation sites excluding steroid dienone is 4. The van der Waals surface area contributed by atoms with Crippen LogP contribution in [-0.2, 0) is 19.1 Å². The summed E-state index contributed by atoms with van der Waals surface area (Å²) >= 11 is 0. The van der Waals surface area contributed by atoms with Gasteiger partial charge in [0, 0.05) is 23.2 Å². The van der Waals surface area contributed by atoms with Gasteiger partial charge in [0.1, 0.15) is 6.61 Å². The van der Waals surface area contributed by atoms with E-state index in [4.69, 9.17) is 4.74 Å². The number of ether oxygens (including phenoxy) is 1. The molecule has 0 spiro atoms. The molecule has 0 aromatic heterocycles. The highest BCUT2D eigenvalue weighted by Crippen LogP contribution is 2.67. The summed E-state index contributed by atoms with van der Waals surface area (Å²) in [4.78, 5) is 37.8. The number of hydrogen-bond donors (Lipinski definition) is 2. The van der Waals surface area contributed by atoms with Crippen molar-refractivity contribution in [2.45, 2.75) is 83.8 Å². The van der Waals surface area contributed by atoms with Gasteiger partial charge in [0.25, 0.3) is 0 Å². The van der Waals surface area contributed by atoms with Gasteiger partial charge in [-0.05, 0) is 62.5 Å². The lowest BCUT2D eigenvalue weighted by Crippen LogP contribution is -2.63. The van der Waals surface area contributed by atoms with Crippen molar-refractivity contribution in [1.82, 2.24) is 0 Å². The van der Waals surface area contributed by atoms with Crippen LogP contribution in [0.25, 0.3) is 0 Å². The summed E-state index contributed by atoms with van der Waals surface area (Å²) < 4.78 is 5.97. The highest BCUT2D eigenvalue weighted by Gasteiger charge is 2.70. The minimum atomic E-state index is -1.39. The number of aliphatic hydroxyl groups excluding tert-OH is 2. The number of hydrogen-bond acceptors (Lipinski definition) is 6. The van der Waals surface area contributed by atoms with Crippen molar-refractivity contribution < 1.29 is 29.3 Å². The van der Waals surface area contributed by atoms with Gasteiger partial charge >= 0.3 is 5.97 Å². The molecule has 0 aromatic rings. The number of carbonyl (C=O) groups excluding carboxylic acids is 3. The predicted molar refractivity (Wildman–Crippen MR) is 118 cm³/mol. The van der Waals surface area contributed by atoms with Crippen molar-refractivity contribution in [3.05, 3.63) is 23.8 Å². The summed E-state index contributed by atoms with van der Waals surface area (Å²) in [5, 5.41) is 21.3. The number of ketones is 2. The summed E-state index contributed by atoms with van der Waals surface area (Å²) in [6.07, 6.45) is 9.42. The van der Waals surface area contributed by atoms with E-state index in [1.807, 2.05) is 19.9 Å². The van der Waals surface area contributed by atoms with Crippen LogP contribution >= 0.6 is 0 Å². The Kier molecular flexibility index (Phi) is 6.00. The van der Waals surface area contributed by atoms with Crippen LogP contribution < -0.4 is 0 Å². The third kappa shape index (κ3) is 3.25. The number of esters is 1. The maximum Gasteiger partial charge on any atom is 0.306 e. The maximum absolute atomic E-state index is 13.1. The van der Waals surface area contributed by atoms with Crippen LogP contribution in [-0.4, -0.2) is 46.1 Å². The first-order chi connectivity index (χ1) is 15.1. The minimum Gasteiger partial charge on any atom is -0.450 e. The molecule has 4 rings (SSSR count). The van der Waals surface area contributed by atoms with Crippen LogP contribution in [0, 0.1) is 28.6 Å². The average molecular weight is 445 g/mol. The van der Waals surface area contributed by atoms with E-state index in [0.717, 1.165) is 31.3 Å². The lowest BCUT2D eigenvalue weighted by molar-refractivity contribution is -0.200. The molecule has 0 aromatic carbocycles. The molecule has 0 amide bonds. The van der Waals surface area contributed by atoms with Gasteiger partial charge in [-0.15, -0.1) is 0 Å². The van der Waals surface area contributed by atoms with Crippen LogP contribution in [0.15, 0.2) is 23.8 Å². The van der Waals surface area contributed by atoms with Gasteiger partial charge in [-0.2, -0.15) is 0 Å². The predicted octanol–water partition coefficient (Wildman–Crippen LogP) is 3.30. The summed E-state index contributed by atoms with van der Waals surface area (Å²) in [5.74, 6) is -0.675. The number of fused-ring (bicyclic) bond motifs is 5. The Balaban J connectivity index is 1.70. The molecule has 176 valence electrons. The van der Waals surface area contributed by atoms with E-state index >= 15 is 0 Å². The number of aliphatic hydroxyl groups is 2. The topological polar surface area (TPSA) is 101 Å². The molecule has 7 atom stereocenters. The molecule has 32 heavy (non-hydrogen) atoms. The fraction of sp³-hybridized carbons (Fsp3) is 0.731. The van der Waals surface area contributed by atoms with E-state index in [1.54, 1.807) is 12.2 Å². The Morgan fingerprint density at radius 1 is 1.25 bits per heavy atom. The molecular formula is C26H36O6. The molecule has 3 saturated carbocycles. The molecule has 0 radical (unpaired) electrons. The molecule has 0 heterocycles. The van der Waals surface area contributed by atoms with Crippen molar-refractivity contribution in [2.24, 2.45) is 28.6 Å². The van der Waals surface area contributed by atoms with E-state index < -0.39 is 35.5 Å². The summed E-state index contributed by atoms with van der Waals surface area (Å²) in [6, 6.07) is 0. The van der Waals surface area contributed by atoms with Crippen molar-refractivity contribution in [2.75, 3.05) is 6.61 Å². The second kappa shape index (κ2) is 8.21. The van der Waals surface area contributed by atoms with Crippen LogP contribution in [0.4, 0.5) is 0 Å². The molecule has 0 bridgehead atoms. The summed E-state index contributed by atoms with van der Waals surface area (Å²) in [7, 11) is 0. The number of carbonyl (C=O) groups is 3. The Labute approximate surface area is 190 Å². The molecule has 4 aliphatic rings. The van der Waals surface area contributed by atoms with Gasteiger partial charge in [-0.25, -0.2) is 0 Å². The first-order valence-corrected chi connectivity index (χ1v) is 12.1. The van der Waals surface area contributed by atoms with Gasteiger partial charge < -0.3 is 14.9 Å². The van der Waals surface area contributed by atoms with E-state index in [-0.39, 0.29) is 35.4 Å². The quantitative estimate of drug-likeness (QED) is 0.610. The van der Waals surface area contributed by atoms with Crippen molar-refractivity contribution in [3.63, 3.8) is 0 Å². The molecule has 6 nitrogen and oxygen atoms in total. The zero-order chi connectivity index (χ0) is 23.3. The van der Waals surface area contributed by atoms with Crippen molar-refractivity contribution >= 4 is 17.5 Å². The molecular weight excluding hydrogens is 408 g/mol. The van der Waals surface area contributed by atoms with Crippen LogP contribution in [0.1, 0.15) is 72.1 Å². The Hall–Kier alpha value is -1.79. The van der Waals surface area contributed by atoms with Crippen molar-refractivity contribution in [3.8, 4) is 0 Å². The standard InChI is InChI=1S/C26H36O6/c1-4-5-6-22(31)32-26(21(30)15-27)12-10-19-18-8-7-16-13-17(28)9-11-24(16,2)23(18)20(29)14-25(19,26)3/h9,11,13,18-20,23,27,29H,4-8,10,12,14-15H2,1-3H3/t18-,19-,20-,23-,24-,25-,26-/m0/s1. The summed E-state index contributed by atoms with van der Waals surface area (Å²) in [5.41, 5.74) is -1.43. The van der Waals surface area contributed by atoms with Crippen LogP contribution in [0.2, 0.25) is 0 Å². The average Bonchev–Trinajstić information content (AvgIpc) is 3.04. The fourth-order valence-corrected chi connectivity index (χ4v) is 7.69. The minimum absolute atomic E-state index is 0.00141. The van der Waals surface area contributed by atoms with E-state index in [9.17, 15) is 24.6 Å². The normalized spacial score (nSPS) is 42.5. The lowest BCUT2D eigenvalue weighted by Gasteiger charge is -2.59. The largest absolute Gasteiger partial charge is 0.450 e. The SMILES string of the molecule is CCCCC(=O)O[C@]1(C(=O)CO)CC[C@H]2[C@@H]3CCC4=CC(=O)C=C[C@]4(C)[C@@H]3[C@@H](O)C[C@@]21C. The van der Waals surface area contributed by atoms with Gasteiger partial charge in [0.15, 0.2) is 11.4 Å². The zero-order valence-electron chi connectivity index (χ0n) is 19.4. The second-order valence-electron chi connectivity index (χ2n) is 10.7. The Bertz CT molecular complexity index is 874. The maximum atomic E-state index is 13.1. The van der Waals surface area contributed by atoms with Crippen molar-refractivity contribution in [1.29, 1.82) is 0 Å². The van der Waals surface area contributed by atoms with E-state index in [0.29, 0.717) is 19.3 Å². The molecule has 0 saturated heterocycles. The second-order valence-corrected chi connectivity index (χ2v) is 10.7. The first kappa shape index (κ1) is 23.4. The monoisotopic (exact) mass is 444 g/mol. The number of unbranched alkanes of at least 4 members (excludes halogenated alkanes) is 1. The number of rotatable bonds is 6. The zero-order valence-corrected chi connectivity index (χ0v) is 19.4. The fourth-order valence-electron chi connectivity index (χ4n) is 7.69. The number of Topliss-reactive ketones (excluding diaryl/α,β-unsaturated/α-hetero) is 1. The highest BCUT2D eigenvalue weighted by atomic mass is 16.6. The highest BCUT2D eigenvalue weighted by molar-refractivity contribution is 6.01. The van der Waals surface area contributed by atoms with Gasteiger partial charge in [-0.1, -0.05) is 38.8 Å². The Morgan fingerprint density at radius 3 is 2.69 bits per heavy atom. The van der Waals surface area contributed by atoms with E-state index in [1.165, 1.54) is 0 Å². The molecule has 6 heteroatoms. The van der Waals surface area contributed by atoms with Crippen LogP contribution in [0.5, 0.6) is 0 Å². The van der Waals surface area contributed by atoms with Gasteiger partial charge in [-0.3, -0.25) is 14.4 Å². The van der Waals surface area contributed by atoms with Crippen LogP contribution in [0.3, 0.4) is 0 Å². The first-order valence-electron chi connectivity index (χ1n) is 12.1. The summed E-state index contributed by atoms with van der Waals surface area (Å²) in [6.45, 7) is 5.39. The smallest absolute Gasteiger partial charge is 0.306 e. The Morgan fingerprint density at radius 2 is 2.00 bits per heavy atom. The third-order valence-corrected chi connectivity index (χ3v) is 9.23. The van der Waals surface area contributed by atoms with Gasteiger partial charge in [0.05, 0.1) is 6.10 Å².